The average molecular weight is 247 g/mol. The minimum absolute atomic E-state index is 0.505. The van der Waals surface area contributed by atoms with E-state index in [1.54, 1.807) is 12.5 Å². The lowest BCUT2D eigenvalue weighted by Crippen LogP contribution is -2.48. The quantitative estimate of drug-likeness (QED) is 0.829. The van der Waals surface area contributed by atoms with Gasteiger partial charge in [-0.15, -0.1) is 0 Å². The van der Waals surface area contributed by atoms with Gasteiger partial charge in [0.05, 0.1) is 11.6 Å². The highest BCUT2D eigenvalue weighted by Crippen LogP contribution is 2.25. The summed E-state index contributed by atoms with van der Waals surface area (Å²) < 4.78 is 5.34. The van der Waals surface area contributed by atoms with Crippen LogP contribution < -0.4 is 4.90 Å². The number of carboxylic acid groups (broad SMARTS) is 1. The van der Waals surface area contributed by atoms with Crippen LogP contribution in [-0.4, -0.2) is 47.3 Å². The Bertz CT molecular complexity index is 573. The second kappa shape index (κ2) is 4.21. The average Bonchev–Trinajstić information content (AvgIpc) is 2.87. The monoisotopic (exact) mass is 247 g/mol. The van der Waals surface area contributed by atoms with E-state index in [0.717, 1.165) is 16.8 Å². The van der Waals surface area contributed by atoms with Crippen LogP contribution in [0.4, 0.5) is 10.6 Å². The van der Waals surface area contributed by atoms with Crippen molar-refractivity contribution in [1.29, 1.82) is 0 Å². The third-order valence-corrected chi connectivity index (χ3v) is 3.21. The summed E-state index contributed by atoms with van der Waals surface area (Å²) in [6.45, 7) is 2.32. The van der Waals surface area contributed by atoms with Gasteiger partial charge in [0, 0.05) is 32.4 Å². The number of hydrogen-bond acceptors (Lipinski definition) is 4. The molecule has 1 amide bonds. The van der Waals surface area contributed by atoms with Crippen molar-refractivity contribution in [2.75, 3.05) is 31.1 Å². The molecule has 0 atom stereocenters. The normalized spacial score (nSPS) is 16.2. The van der Waals surface area contributed by atoms with Crippen molar-refractivity contribution in [3.63, 3.8) is 0 Å². The van der Waals surface area contributed by atoms with Crippen molar-refractivity contribution in [2.24, 2.45) is 0 Å². The molecular formula is C12H13N3O3. The zero-order chi connectivity index (χ0) is 12.5. The minimum atomic E-state index is -0.857. The number of nitrogens with zero attached hydrogens (tertiary/aromatic N) is 3. The van der Waals surface area contributed by atoms with Crippen molar-refractivity contribution >= 4 is 22.9 Å². The highest BCUT2D eigenvalue weighted by atomic mass is 16.4. The summed E-state index contributed by atoms with van der Waals surface area (Å²) in [5, 5.41) is 9.88. The zero-order valence-corrected chi connectivity index (χ0v) is 9.74. The maximum atomic E-state index is 10.8. The van der Waals surface area contributed by atoms with E-state index in [1.807, 2.05) is 12.1 Å². The van der Waals surface area contributed by atoms with Gasteiger partial charge in [0.25, 0.3) is 0 Å². The van der Waals surface area contributed by atoms with E-state index >= 15 is 0 Å². The molecule has 0 saturated carbocycles. The summed E-state index contributed by atoms with van der Waals surface area (Å²) in [5.74, 6) is 0.867. The predicted molar refractivity (Wildman–Crippen MR) is 65.8 cm³/mol. The molecule has 2 aromatic rings. The topological polar surface area (TPSA) is 69.8 Å². The van der Waals surface area contributed by atoms with E-state index in [-0.39, 0.29) is 0 Å². The first-order valence-corrected chi connectivity index (χ1v) is 5.81. The first-order chi connectivity index (χ1) is 8.75. The molecule has 0 unspecified atom stereocenters. The largest absolute Gasteiger partial charge is 0.465 e. The van der Waals surface area contributed by atoms with E-state index in [2.05, 4.69) is 9.88 Å². The Balaban J connectivity index is 1.84. The van der Waals surface area contributed by atoms with Gasteiger partial charge in [0.1, 0.15) is 11.4 Å². The van der Waals surface area contributed by atoms with Crippen LogP contribution >= 0.6 is 0 Å². The highest BCUT2D eigenvalue weighted by molar-refractivity contribution is 5.88. The third-order valence-electron chi connectivity index (χ3n) is 3.21. The fraction of sp³-hybridized carbons (Fsp3) is 0.333. The van der Waals surface area contributed by atoms with Crippen LogP contribution in [0.3, 0.4) is 0 Å². The molecule has 0 bridgehead atoms. The van der Waals surface area contributed by atoms with Gasteiger partial charge in [-0.2, -0.15) is 0 Å². The van der Waals surface area contributed by atoms with Gasteiger partial charge < -0.3 is 19.3 Å². The van der Waals surface area contributed by atoms with Crippen molar-refractivity contribution in [3.05, 3.63) is 24.6 Å². The van der Waals surface area contributed by atoms with Gasteiger partial charge in [-0.25, -0.2) is 9.78 Å². The van der Waals surface area contributed by atoms with Crippen LogP contribution in [0.15, 0.2) is 29.0 Å². The molecule has 3 rings (SSSR count). The van der Waals surface area contributed by atoms with Crippen LogP contribution in [0.5, 0.6) is 0 Å². The van der Waals surface area contributed by atoms with Gasteiger partial charge in [-0.3, -0.25) is 0 Å². The van der Waals surface area contributed by atoms with E-state index in [0.29, 0.717) is 26.2 Å². The Labute approximate surface area is 103 Å². The smallest absolute Gasteiger partial charge is 0.407 e. The predicted octanol–water partition coefficient (Wildman–Crippen LogP) is 1.63. The number of anilines is 1. The molecule has 1 N–H and O–H groups in total. The van der Waals surface area contributed by atoms with Crippen LogP contribution in [0.25, 0.3) is 11.0 Å². The molecule has 3 heterocycles. The number of carbonyl (C=O) groups is 1. The maximum absolute atomic E-state index is 10.8. The molecule has 2 aromatic heterocycles. The standard InChI is InChI=1S/C12H13N3O3/c16-12(17)15-6-4-14(5-7-15)11-9-2-8-18-10(9)1-3-13-11/h1-3,8H,4-7H2,(H,16,17). The number of aromatic nitrogens is 1. The lowest BCUT2D eigenvalue weighted by atomic mass is 10.2. The molecule has 6 heteroatoms. The fourth-order valence-corrected chi connectivity index (χ4v) is 2.24. The van der Waals surface area contributed by atoms with Crippen molar-refractivity contribution in [3.8, 4) is 0 Å². The fourth-order valence-electron chi connectivity index (χ4n) is 2.24. The molecule has 0 radical (unpaired) electrons. The van der Waals surface area contributed by atoms with Crippen molar-refractivity contribution in [2.45, 2.75) is 0 Å². The zero-order valence-electron chi connectivity index (χ0n) is 9.74. The molecule has 1 aliphatic heterocycles. The van der Waals surface area contributed by atoms with E-state index < -0.39 is 6.09 Å². The second-order valence-electron chi connectivity index (χ2n) is 4.22. The Morgan fingerprint density at radius 1 is 1.28 bits per heavy atom. The molecule has 94 valence electrons. The van der Waals surface area contributed by atoms with Crippen LogP contribution in [0.2, 0.25) is 0 Å². The third kappa shape index (κ3) is 1.75. The SMILES string of the molecule is O=C(O)N1CCN(c2nccc3occc23)CC1. The van der Waals surface area contributed by atoms with Crippen LogP contribution in [0, 0.1) is 0 Å². The maximum Gasteiger partial charge on any atom is 0.407 e. The summed E-state index contributed by atoms with van der Waals surface area (Å²) in [6.07, 6.45) is 2.50. The summed E-state index contributed by atoms with van der Waals surface area (Å²) in [4.78, 5) is 18.7. The number of pyridine rings is 1. The lowest BCUT2D eigenvalue weighted by molar-refractivity contribution is 0.142. The molecule has 0 aliphatic carbocycles. The lowest BCUT2D eigenvalue weighted by Gasteiger charge is -2.34. The minimum Gasteiger partial charge on any atom is -0.465 e. The van der Waals surface area contributed by atoms with Gasteiger partial charge in [0.2, 0.25) is 0 Å². The van der Waals surface area contributed by atoms with E-state index in [4.69, 9.17) is 9.52 Å². The van der Waals surface area contributed by atoms with Gasteiger partial charge in [-0.05, 0) is 12.1 Å². The molecule has 0 spiro atoms. The second-order valence-corrected chi connectivity index (χ2v) is 4.22. The first-order valence-electron chi connectivity index (χ1n) is 5.81. The summed E-state index contributed by atoms with van der Waals surface area (Å²) in [5.41, 5.74) is 0.806. The highest BCUT2D eigenvalue weighted by Gasteiger charge is 2.22. The molecule has 1 saturated heterocycles. The summed E-state index contributed by atoms with van der Waals surface area (Å²) in [6, 6.07) is 3.72. The molecule has 0 aromatic carbocycles. The van der Waals surface area contributed by atoms with Gasteiger partial charge in [-0.1, -0.05) is 0 Å². The number of hydrogen-bond donors (Lipinski definition) is 1. The van der Waals surface area contributed by atoms with Crippen LogP contribution in [0.1, 0.15) is 0 Å². The Hall–Kier alpha value is -2.24. The summed E-state index contributed by atoms with van der Waals surface area (Å²) >= 11 is 0. The molecule has 18 heavy (non-hydrogen) atoms. The van der Waals surface area contributed by atoms with Gasteiger partial charge >= 0.3 is 6.09 Å². The molecular weight excluding hydrogens is 234 g/mol. The number of piperazine rings is 1. The first kappa shape index (κ1) is 10.9. The number of amides is 1. The Kier molecular flexibility index (Phi) is 2.55. The Morgan fingerprint density at radius 2 is 2.06 bits per heavy atom. The number of furan rings is 1. The molecule has 6 nitrogen and oxygen atoms in total. The van der Waals surface area contributed by atoms with E-state index in [1.165, 1.54) is 4.90 Å². The van der Waals surface area contributed by atoms with Gasteiger partial charge in [0.15, 0.2) is 0 Å². The molecule has 1 aliphatic rings. The summed E-state index contributed by atoms with van der Waals surface area (Å²) in [7, 11) is 0. The Morgan fingerprint density at radius 3 is 2.78 bits per heavy atom. The number of fused-ring (bicyclic) bond motifs is 1. The van der Waals surface area contributed by atoms with E-state index in [9.17, 15) is 4.79 Å². The van der Waals surface area contributed by atoms with Crippen LogP contribution in [-0.2, 0) is 0 Å². The number of rotatable bonds is 1. The van der Waals surface area contributed by atoms with Crippen molar-refractivity contribution < 1.29 is 14.3 Å². The molecule has 1 fully saturated rings. The van der Waals surface area contributed by atoms with Crippen molar-refractivity contribution in [1.82, 2.24) is 9.88 Å².